The van der Waals surface area contributed by atoms with Gasteiger partial charge in [-0.3, -0.25) is 4.79 Å². The lowest BCUT2D eigenvalue weighted by molar-refractivity contribution is -0.124. The molecule has 4 heteroatoms. The van der Waals surface area contributed by atoms with Crippen molar-refractivity contribution in [3.8, 4) is 5.75 Å². The fourth-order valence-electron chi connectivity index (χ4n) is 4.75. The van der Waals surface area contributed by atoms with Gasteiger partial charge in [0.15, 0.2) is 0 Å². The Morgan fingerprint density at radius 2 is 2.00 bits per heavy atom. The molecule has 4 rings (SSSR count). The highest BCUT2D eigenvalue weighted by Gasteiger charge is 2.57. The second-order valence-corrected chi connectivity index (χ2v) is 8.93. The molecule has 2 aliphatic rings. The van der Waals surface area contributed by atoms with E-state index in [2.05, 4.69) is 74.3 Å². The van der Waals surface area contributed by atoms with E-state index in [1.54, 1.807) is 0 Å². The first-order valence-corrected chi connectivity index (χ1v) is 11.0. The molecule has 1 fully saturated rings. The normalized spacial score (nSPS) is 22.0. The zero-order valence-corrected chi connectivity index (χ0v) is 18.5. The highest BCUT2D eigenvalue weighted by molar-refractivity contribution is 5.85. The summed E-state index contributed by atoms with van der Waals surface area (Å²) in [6, 6.07) is 14.7. The van der Waals surface area contributed by atoms with Crippen molar-refractivity contribution in [2.75, 3.05) is 18.1 Å². The number of benzene rings is 2. The van der Waals surface area contributed by atoms with Gasteiger partial charge in [-0.15, -0.1) is 0 Å². The van der Waals surface area contributed by atoms with Crippen LogP contribution in [0.2, 0.25) is 0 Å². The fourth-order valence-corrected chi connectivity index (χ4v) is 4.75. The molecule has 0 aromatic heterocycles. The quantitative estimate of drug-likeness (QED) is 0.673. The number of amides is 1. The number of nitrogens with one attached hydrogen (secondary N) is 1. The molecule has 2 aromatic carbocycles. The number of hydrogen-bond acceptors (Lipinski definition) is 3. The summed E-state index contributed by atoms with van der Waals surface area (Å²) < 4.78 is 6.02. The van der Waals surface area contributed by atoms with Gasteiger partial charge in [0, 0.05) is 29.6 Å². The topological polar surface area (TPSA) is 41.6 Å². The standard InChI is InChI=1S/C26H32N2O2/c1-5-6-17-30-23-10-8-7-9-20(23)13-15-26-25(3,4)21-18-19(2)11-12-22(21)28(26)16-14-24(29)27-26/h7-13,15,18H,5-6,14,16-17H2,1-4H3,(H,27,29)/b15-13+/t26-/m1/s1. The Hall–Kier alpha value is -2.75. The van der Waals surface area contributed by atoms with Gasteiger partial charge in [0.1, 0.15) is 11.4 Å². The molecule has 2 aromatic rings. The number of fused-ring (bicyclic) bond motifs is 3. The van der Waals surface area contributed by atoms with E-state index in [0.717, 1.165) is 24.2 Å². The van der Waals surface area contributed by atoms with E-state index in [0.29, 0.717) is 19.6 Å². The molecular formula is C26H32N2O2. The number of unbranched alkanes of at least 4 members (excludes halogenated alkanes) is 1. The summed E-state index contributed by atoms with van der Waals surface area (Å²) in [4.78, 5) is 14.9. The molecule has 1 atom stereocenters. The molecule has 0 spiro atoms. The van der Waals surface area contributed by atoms with Crippen LogP contribution in [0.1, 0.15) is 56.7 Å². The van der Waals surface area contributed by atoms with E-state index in [-0.39, 0.29) is 11.3 Å². The van der Waals surface area contributed by atoms with Crippen molar-refractivity contribution in [1.82, 2.24) is 5.32 Å². The molecule has 158 valence electrons. The van der Waals surface area contributed by atoms with Crippen molar-refractivity contribution < 1.29 is 9.53 Å². The molecule has 0 saturated carbocycles. The third kappa shape index (κ3) is 3.28. The molecule has 1 N–H and O–H groups in total. The van der Waals surface area contributed by atoms with E-state index in [1.165, 1.54) is 16.8 Å². The second-order valence-electron chi connectivity index (χ2n) is 8.93. The number of para-hydroxylation sites is 1. The van der Waals surface area contributed by atoms with E-state index in [9.17, 15) is 4.79 Å². The number of carbonyl (C=O) groups excluding carboxylic acids is 1. The third-order valence-corrected chi connectivity index (χ3v) is 6.57. The highest BCUT2D eigenvalue weighted by atomic mass is 16.5. The number of anilines is 1. The molecule has 2 heterocycles. The SMILES string of the molecule is CCCCOc1ccccc1/C=C/[C@@]12NC(=O)CCN1c1ccc(C)cc1C2(C)C. The lowest BCUT2D eigenvalue weighted by atomic mass is 9.74. The number of carbonyl (C=O) groups is 1. The number of nitrogens with zero attached hydrogens (tertiary/aromatic N) is 1. The van der Waals surface area contributed by atoms with Crippen LogP contribution in [0.3, 0.4) is 0 Å². The number of aryl methyl sites for hydroxylation is 1. The minimum atomic E-state index is -0.602. The van der Waals surface area contributed by atoms with Gasteiger partial charge in [-0.05, 0) is 37.1 Å². The predicted octanol–water partition coefficient (Wildman–Crippen LogP) is 5.20. The van der Waals surface area contributed by atoms with Crippen LogP contribution in [0.5, 0.6) is 5.75 Å². The van der Waals surface area contributed by atoms with Crippen molar-refractivity contribution in [2.24, 2.45) is 0 Å². The highest BCUT2D eigenvalue weighted by Crippen LogP contribution is 2.52. The first-order chi connectivity index (χ1) is 14.4. The first kappa shape index (κ1) is 20.5. The maximum Gasteiger partial charge on any atom is 0.223 e. The zero-order chi connectivity index (χ0) is 21.4. The molecule has 1 amide bonds. The molecule has 1 saturated heterocycles. The Morgan fingerprint density at radius 1 is 1.20 bits per heavy atom. The van der Waals surface area contributed by atoms with E-state index in [1.807, 2.05) is 18.2 Å². The lowest BCUT2D eigenvalue weighted by Crippen LogP contribution is -2.68. The van der Waals surface area contributed by atoms with Gasteiger partial charge in [-0.2, -0.15) is 0 Å². The van der Waals surface area contributed by atoms with Crippen molar-refractivity contribution >= 4 is 17.7 Å². The van der Waals surface area contributed by atoms with Gasteiger partial charge in [0.2, 0.25) is 5.91 Å². The van der Waals surface area contributed by atoms with Gasteiger partial charge in [-0.25, -0.2) is 0 Å². The summed E-state index contributed by atoms with van der Waals surface area (Å²) in [5.74, 6) is 0.984. The Balaban J connectivity index is 1.76. The number of hydrogen-bond donors (Lipinski definition) is 1. The molecule has 2 aliphatic heterocycles. The zero-order valence-electron chi connectivity index (χ0n) is 18.5. The predicted molar refractivity (Wildman–Crippen MR) is 123 cm³/mol. The molecule has 0 radical (unpaired) electrons. The van der Waals surface area contributed by atoms with Crippen molar-refractivity contribution in [2.45, 2.75) is 58.0 Å². The molecule has 0 unspecified atom stereocenters. The molecule has 4 nitrogen and oxygen atoms in total. The molecule has 0 bridgehead atoms. The smallest absolute Gasteiger partial charge is 0.223 e. The molecule has 0 aliphatic carbocycles. The van der Waals surface area contributed by atoms with Gasteiger partial charge < -0.3 is 15.0 Å². The third-order valence-electron chi connectivity index (χ3n) is 6.57. The minimum absolute atomic E-state index is 0.0981. The summed E-state index contributed by atoms with van der Waals surface area (Å²) >= 11 is 0. The average molecular weight is 405 g/mol. The van der Waals surface area contributed by atoms with Crippen molar-refractivity contribution in [3.63, 3.8) is 0 Å². The van der Waals surface area contributed by atoms with E-state index in [4.69, 9.17) is 4.74 Å². The fraction of sp³-hybridized carbons (Fsp3) is 0.423. The Kier molecular flexibility index (Phi) is 5.35. The van der Waals surface area contributed by atoms with Crippen LogP contribution in [-0.2, 0) is 10.2 Å². The minimum Gasteiger partial charge on any atom is -0.493 e. The second kappa shape index (κ2) is 7.82. The van der Waals surface area contributed by atoms with Gasteiger partial charge in [0.05, 0.1) is 6.61 Å². The van der Waals surface area contributed by atoms with Crippen LogP contribution in [-0.4, -0.2) is 24.7 Å². The van der Waals surface area contributed by atoms with E-state index >= 15 is 0 Å². The number of rotatable bonds is 6. The average Bonchev–Trinajstić information content (AvgIpc) is 2.91. The summed E-state index contributed by atoms with van der Waals surface area (Å²) in [6.07, 6.45) is 6.93. The van der Waals surface area contributed by atoms with Gasteiger partial charge in [0.25, 0.3) is 0 Å². The van der Waals surface area contributed by atoms with Crippen molar-refractivity contribution in [3.05, 3.63) is 65.2 Å². The Bertz CT molecular complexity index is 979. The molecular weight excluding hydrogens is 372 g/mol. The Morgan fingerprint density at radius 3 is 2.80 bits per heavy atom. The van der Waals surface area contributed by atoms with Crippen LogP contribution < -0.4 is 15.0 Å². The maximum atomic E-state index is 12.6. The maximum absolute atomic E-state index is 12.6. The number of ether oxygens (including phenoxy) is 1. The van der Waals surface area contributed by atoms with E-state index < -0.39 is 5.66 Å². The largest absolute Gasteiger partial charge is 0.493 e. The Labute approximate surface area is 179 Å². The lowest BCUT2D eigenvalue weighted by Gasteiger charge is -2.49. The van der Waals surface area contributed by atoms with Crippen LogP contribution in [0.4, 0.5) is 5.69 Å². The first-order valence-electron chi connectivity index (χ1n) is 11.0. The van der Waals surface area contributed by atoms with Gasteiger partial charge in [-0.1, -0.05) is 69.2 Å². The molecule has 30 heavy (non-hydrogen) atoms. The summed E-state index contributed by atoms with van der Waals surface area (Å²) in [6.45, 7) is 10.2. The van der Waals surface area contributed by atoms with Crippen LogP contribution in [0.15, 0.2) is 48.5 Å². The monoisotopic (exact) mass is 404 g/mol. The van der Waals surface area contributed by atoms with Crippen LogP contribution >= 0.6 is 0 Å². The summed E-state index contributed by atoms with van der Waals surface area (Å²) in [7, 11) is 0. The van der Waals surface area contributed by atoms with Crippen LogP contribution in [0.25, 0.3) is 6.08 Å². The van der Waals surface area contributed by atoms with Crippen molar-refractivity contribution in [1.29, 1.82) is 0 Å². The summed E-state index contributed by atoms with van der Waals surface area (Å²) in [5.41, 5.74) is 3.88. The summed E-state index contributed by atoms with van der Waals surface area (Å²) in [5, 5.41) is 3.35. The van der Waals surface area contributed by atoms with Gasteiger partial charge >= 0.3 is 0 Å². The van der Waals surface area contributed by atoms with Crippen LogP contribution in [0, 0.1) is 6.92 Å².